The number of aromatic nitrogens is 2. The molecular formula is C11H18N2. The van der Waals surface area contributed by atoms with Crippen LogP contribution < -0.4 is 0 Å². The summed E-state index contributed by atoms with van der Waals surface area (Å²) >= 11 is 0. The predicted molar refractivity (Wildman–Crippen MR) is 54.6 cm³/mol. The highest BCUT2D eigenvalue weighted by atomic mass is 14.8. The molecule has 0 saturated carbocycles. The van der Waals surface area contributed by atoms with E-state index >= 15 is 0 Å². The fraction of sp³-hybridized carbons (Fsp3) is 0.636. The lowest BCUT2D eigenvalue weighted by Crippen LogP contribution is -1.97. The highest BCUT2D eigenvalue weighted by molar-refractivity contribution is 5.02. The summed E-state index contributed by atoms with van der Waals surface area (Å²) in [7, 11) is 0. The summed E-state index contributed by atoms with van der Waals surface area (Å²) in [4.78, 5) is 8.67. The summed E-state index contributed by atoms with van der Waals surface area (Å²) in [6.45, 7) is 6.56. The van der Waals surface area contributed by atoms with E-state index in [9.17, 15) is 0 Å². The smallest absolute Gasteiger partial charge is 0.0587 e. The summed E-state index contributed by atoms with van der Waals surface area (Å²) in [5, 5.41) is 0. The Labute approximate surface area is 80.4 Å². The van der Waals surface area contributed by atoms with Crippen molar-refractivity contribution in [3.05, 3.63) is 23.8 Å². The first-order valence-electron chi connectivity index (χ1n) is 5.02. The third kappa shape index (κ3) is 3.53. The molecule has 0 radical (unpaired) electrons. The van der Waals surface area contributed by atoms with Crippen LogP contribution in [0.15, 0.2) is 12.4 Å². The van der Waals surface area contributed by atoms with E-state index in [0.29, 0.717) is 0 Å². The predicted octanol–water partition coefficient (Wildman–Crippen LogP) is 2.63. The molecule has 2 heteroatoms. The zero-order valence-electron chi connectivity index (χ0n) is 8.75. The van der Waals surface area contributed by atoms with E-state index in [2.05, 4.69) is 30.7 Å². The molecule has 0 amide bonds. The third-order valence-electron chi connectivity index (χ3n) is 2.10. The topological polar surface area (TPSA) is 25.8 Å². The fourth-order valence-electron chi connectivity index (χ4n) is 1.13. The Morgan fingerprint density at radius 2 is 1.77 bits per heavy atom. The normalized spacial score (nSPS) is 10.8. The van der Waals surface area contributed by atoms with E-state index in [1.807, 2.05) is 12.4 Å². The lowest BCUT2D eigenvalue weighted by molar-refractivity contribution is 0.580. The summed E-state index contributed by atoms with van der Waals surface area (Å²) in [5.74, 6) is 0.743. The van der Waals surface area contributed by atoms with Gasteiger partial charge in [0, 0.05) is 12.4 Å². The number of nitrogens with zero attached hydrogens (tertiary/aromatic N) is 2. The molecule has 0 fully saturated rings. The van der Waals surface area contributed by atoms with Crippen molar-refractivity contribution in [2.24, 2.45) is 5.92 Å². The number of hydrogen-bond acceptors (Lipinski definition) is 2. The van der Waals surface area contributed by atoms with Gasteiger partial charge in [-0.2, -0.15) is 0 Å². The molecule has 0 aliphatic heterocycles. The lowest BCUT2D eigenvalue weighted by Gasteiger charge is -2.03. The molecule has 1 rings (SSSR count). The summed E-state index contributed by atoms with van der Waals surface area (Å²) in [6.07, 6.45) is 7.00. The summed E-state index contributed by atoms with van der Waals surface area (Å²) < 4.78 is 0. The zero-order chi connectivity index (χ0) is 9.68. The first-order chi connectivity index (χ1) is 6.22. The molecule has 0 aromatic carbocycles. The monoisotopic (exact) mass is 178 g/mol. The van der Waals surface area contributed by atoms with Crippen LogP contribution in [0.1, 0.15) is 38.6 Å². The highest BCUT2D eigenvalue weighted by Gasteiger charge is 1.98. The minimum atomic E-state index is 0.743. The third-order valence-corrected chi connectivity index (χ3v) is 2.10. The molecule has 0 aliphatic carbocycles. The van der Waals surface area contributed by atoms with Gasteiger partial charge in [0.25, 0.3) is 0 Å². The minimum Gasteiger partial charge on any atom is -0.258 e. The zero-order valence-corrected chi connectivity index (χ0v) is 8.75. The largest absolute Gasteiger partial charge is 0.258 e. The molecule has 13 heavy (non-hydrogen) atoms. The SMILES string of the molecule is CCc1cnc(CCC(C)C)cn1. The number of hydrogen-bond donors (Lipinski definition) is 0. The first-order valence-corrected chi connectivity index (χ1v) is 5.02. The molecule has 0 unspecified atom stereocenters. The van der Waals surface area contributed by atoms with E-state index in [4.69, 9.17) is 0 Å². The van der Waals surface area contributed by atoms with E-state index < -0.39 is 0 Å². The molecule has 0 spiro atoms. The Bertz CT molecular complexity index is 239. The maximum Gasteiger partial charge on any atom is 0.0587 e. The molecule has 2 nitrogen and oxygen atoms in total. The van der Waals surface area contributed by atoms with Gasteiger partial charge in [0.15, 0.2) is 0 Å². The van der Waals surface area contributed by atoms with Gasteiger partial charge in [0.1, 0.15) is 0 Å². The average molecular weight is 178 g/mol. The van der Waals surface area contributed by atoms with Crippen molar-refractivity contribution in [1.82, 2.24) is 9.97 Å². The van der Waals surface area contributed by atoms with Gasteiger partial charge in [-0.25, -0.2) is 0 Å². The van der Waals surface area contributed by atoms with Gasteiger partial charge >= 0.3 is 0 Å². The maximum atomic E-state index is 4.36. The van der Waals surface area contributed by atoms with Gasteiger partial charge in [-0.1, -0.05) is 20.8 Å². The van der Waals surface area contributed by atoms with Gasteiger partial charge in [-0.3, -0.25) is 9.97 Å². The fourth-order valence-corrected chi connectivity index (χ4v) is 1.13. The van der Waals surface area contributed by atoms with Crippen LogP contribution in [-0.4, -0.2) is 9.97 Å². The van der Waals surface area contributed by atoms with Crippen molar-refractivity contribution in [3.8, 4) is 0 Å². The van der Waals surface area contributed by atoms with Gasteiger partial charge in [-0.15, -0.1) is 0 Å². The van der Waals surface area contributed by atoms with Crippen LogP contribution in [0.5, 0.6) is 0 Å². The van der Waals surface area contributed by atoms with Crippen LogP contribution in [0.25, 0.3) is 0 Å². The van der Waals surface area contributed by atoms with E-state index in [1.165, 1.54) is 6.42 Å². The first kappa shape index (κ1) is 10.2. The van der Waals surface area contributed by atoms with Crippen molar-refractivity contribution >= 4 is 0 Å². The standard InChI is InChI=1S/C11H18N2/c1-4-10-7-13-11(8-12-10)6-5-9(2)3/h7-9H,4-6H2,1-3H3. The summed E-state index contributed by atoms with van der Waals surface area (Å²) in [6, 6.07) is 0. The van der Waals surface area contributed by atoms with Crippen molar-refractivity contribution < 1.29 is 0 Å². The highest BCUT2D eigenvalue weighted by Crippen LogP contribution is 2.05. The number of aryl methyl sites for hydroxylation is 2. The maximum absolute atomic E-state index is 4.36. The molecule has 0 atom stereocenters. The minimum absolute atomic E-state index is 0.743. The molecule has 0 bridgehead atoms. The van der Waals surface area contributed by atoms with E-state index in [1.54, 1.807) is 0 Å². The van der Waals surface area contributed by atoms with Gasteiger partial charge in [0.05, 0.1) is 11.4 Å². The molecule has 1 heterocycles. The second-order valence-electron chi connectivity index (χ2n) is 3.79. The van der Waals surface area contributed by atoms with Gasteiger partial charge in [0.2, 0.25) is 0 Å². The Morgan fingerprint density at radius 3 is 2.23 bits per heavy atom. The van der Waals surface area contributed by atoms with E-state index in [0.717, 1.165) is 30.1 Å². The second kappa shape index (κ2) is 4.95. The quantitative estimate of drug-likeness (QED) is 0.708. The van der Waals surface area contributed by atoms with Crippen LogP contribution >= 0.6 is 0 Å². The van der Waals surface area contributed by atoms with Crippen molar-refractivity contribution in [3.63, 3.8) is 0 Å². The van der Waals surface area contributed by atoms with E-state index in [-0.39, 0.29) is 0 Å². The molecule has 72 valence electrons. The molecule has 1 aromatic rings. The molecule has 0 saturated heterocycles. The Hall–Kier alpha value is -0.920. The van der Waals surface area contributed by atoms with Crippen molar-refractivity contribution in [2.75, 3.05) is 0 Å². The molecule has 0 N–H and O–H groups in total. The number of rotatable bonds is 4. The second-order valence-corrected chi connectivity index (χ2v) is 3.79. The van der Waals surface area contributed by atoms with Crippen LogP contribution in [0.2, 0.25) is 0 Å². The Balaban J connectivity index is 2.49. The Kier molecular flexibility index (Phi) is 3.87. The Morgan fingerprint density at radius 1 is 1.15 bits per heavy atom. The molecular weight excluding hydrogens is 160 g/mol. The average Bonchev–Trinajstić information content (AvgIpc) is 2.15. The van der Waals surface area contributed by atoms with Crippen LogP contribution in [-0.2, 0) is 12.8 Å². The lowest BCUT2D eigenvalue weighted by atomic mass is 10.1. The van der Waals surface area contributed by atoms with Crippen LogP contribution in [0, 0.1) is 5.92 Å². The van der Waals surface area contributed by atoms with Crippen molar-refractivity contribution in [1.29, 1.82) is 0 Å². The summed E-state index contributed by atoms with van der Waals surface area (Å²) in [5.41, 5.74) is 2.19. The van der Waals surface area contributed by atoms with Gasteiger partial charge in [-0.05, 0) is 25.2 Å². The van der Waals surface area contributed by atoms with Gasteiger partial charge < -0.3 is 0 Å². The molecule has 1 aromatic heterocycles. The van der Waals surface area contributed by atoms with Crippen LogP contribution in [0.3, 0.4) is 0 Å². The molecule has 0 aliphatic rings. The van der Waals surface area contributed by atoms with Crippen molar-refractivity contribution in [2.45, 2.75) is 40.0 Å². The van der Waals surface area contributed by atoms with Crippen LogP contribution in [0.4, 0.5) is 0 Å².